The second kappa shape index (κ2) is 6.50. The van der Waals surface area contributed by atoms with Crippen molar-refractivity contribution in [1.29, 1.82) is 0 Å². The van der Waals surface area contributed by atoms with Crippen molar-refractivity contribution >= 4 is 5.97 Å². The van der Waals surface area contributed by atoms with Gasteiger partial charge >= 0.3 is 5.97 Å². The van der Waals surface area contributed by atoms with Crippen LogP contribution in [0.5, 0.6) is 0 Å². The molecule has 0 radical (unpaired) electrons. The number of carbonyl (C=O) groups is 1. The van der Waals surface area contributed by atoms with Crippen molar-refractivity contribution in [3.8, 4) is 0 Å². The maximum atomic E-state index is 11.1. The fourth-order valence-electron chi connectivity index (χ4n) is 2.93. The van der Waals surface area contributed by atoms with Crippen LogP contribution >= 0.6 is 0 Å². The highest BCUT2D eigenvalue weighted by Gasteiger charge is 2.36. The van der Waals surface area contributed by atoms with Gasteiger partial charge in [-0.05, 0) is 52.5 Å². The molecule has 5 nitrogen and oxygen atoms in total. The fraction of sp³-hybridized carbons (Fsp3) is 0.923. The fourth-order valence-corrected chi connectivity index (χ4v) is 2.93. The average molecular weight is 256 g/mol. The number of nitrogens with zero attached hydrogens (tertiary/aromatic N) is 2. The van der Waals surface area contributed by atoms with E-state index in [1.54, 1.807) is 0 Å². The topological polar surface area (TPSA) is 53.0 Å². The third-order valence-electron chi connectivity index (χ3n) is 4.12. The van der Waals surface area contributed by atoms with E-state index in [-0.39, 0.29) is 12.0 Å². The van der Waals surface area contributed by atoms with Crippen LogP contribution in [-0.4, -0.2) is 73.4 Å². The molecule has 104 valence electrons. The molecular weight excluding hydrogens is 232 g/mol. The summed E-state index contributed by atoms with van der Waals surface area (Å²) in [6, 6.07) is 0.0427. The highest BCUT2D eigenvalue weighted by Crippen LogP contribution is 2.19. The maximum absolute atomic E-state index is 11.1. The van der Waals surface area contributed by atoms with Gasteiger partial charge < -0.3 is 19.6 Å². The van der Waals surface area contributed by atoms with Crippen LogP contribution < -0.4 is 0 Å². The molecule has 2 atom stereocenters. The molecule has 18 heavy (non-hydrogen) atoms. The molecule has 2 unspecified atom stereocenters. The van der Waals surface area contributed by atoms with E-state index in [9.17, 15) is 4.79 Å². The Balaban J connectivity index is 1.70. The van der Waals surface area contributed by atoms with Gasteiger partial charge in [0.1, 0.15) is 0 Å². The summed E-state index contributed by atoms with van der Waals surface area (Å²) < 4.78 is 5.30. The van der Waals surface area contributed by atoms with Crippen LogP contribution in [0.1, 0.15) is 19.3 Å². The minimum Gasteiger partial charge on any atom is -0.481 e. The van der Waals surface area contributed by atoms with Gasteiger partial charge in [0.25, 0.3) is 0 Å². The van der Waals surface area contributed by atoms with E-state index in [1.807, 2.05) is 7.05 Å². The zero-order valence-electron chi connectivity index (χ0n) is 11.2. The van der Waals surface area contributed by atoms with Crippen molar-refractivity contribution in [2.75, 3.05) is 46.4 Å². The van der Waals surface area contributed by atoms with Crippen LogP contribution in [0, 0.1) is 5.92 Å². The molecule has 0 spiro atoms. The number of hydrogen-bond donors (Lipinski definition) is 1. The summed E-state index contributed by atoms with van der Waals surface area (Å²) >= 11 is 0. The smallest absolute Gasteiger partial charge is 0.310 e. The van der Waals surface area contributed by atoms with Gasteiger partial charge in [-0.25, -0.2) is 0 Å². The summed E-state index contributed by atoms with van der Waals surface area (Å²) in [5.41, 5.74) is 0. The zero-order chi connectivity index (χ0) is 13.0. The molecule has 2 aliphatic rings. The Hall–Kier alpha value is -0.650. The van der Waals surface area contributed by atoms with Gasteiger partial charge in [0.2, 0.25) is 0 Å². The third kappa shape index (κ3) is 3.43. The molecule has 2 fully saturated rings. The minimum absolute atomic E-state index is 0.0427. The molecule has 0 aliphatic carbocycles. The molecule has 2 saturated heterocycles. The van der Waals surface area contributed by atoms with E-state index in [0.717, 1.165) is 19.5 Å². The zero-order valence-corrected chi connectivity index (χ0v) is 11.2. The first-order valence-corrected chi connectivity index (χ1v) is 6.91. The summed E-state index contributed by atoms with van der Waals surface area (Å²) in [6.45, 7) is 5.46. The van der Waals surface area contributed by atoms with E-state index in [0.29, 0.717) is 13.2 Å². The summed E-state index contributed by atoms with van der Waals surface area (Å²) in [5, 5.41) is 9.12. The lowest BCUT2D eigenvalue weighted by Gasteiger charge is -2.26. The summed E-state index contributed by atoms with van der Waals surface area (Å²) in [7, 11) is 2.01. The number of ether oxygens (including phenoxy) is 1. The Kier molecular flexibility index (Phi) is 4.97. The van der Waals surface area contributed by atoms with Crippen molar-refractivity contribution in [2.45, 2.75) is 25.3 Å². The van der Waals surface area contributed by atoms with Crippen molar-refractivity contribution in [2.24, 2.45) is 5.92 Å². The van der Waals surface area contributed by atoms with Gasteiger partial charge in [-0.15, -0.1) is 0 Å². The van der Waals surface area contributed by atoms with E-state index in [4.69, 9.17) is 9.84 Å². The van der Waals surface area contributed by atoms with Crippen molar-refractivity contribution in [1.82, 2.24) is 9.80 Å². The Bertz CT molecular complexity index is 279. The third-order valence-corrected chi connectivity index (χ3v) is 4.12. The van der Waals surface area contributed by atoms with Gasteiger partial charge in [0.05, 0.1) is 19.1 Å². The van der Waals surface area contributed by atoms with Crippen LogP contribution in [-0.2, 0) is 9.53 Å². The predicted octanol–water partition coefficient (Wildman–Crippen LogP) is 0.504. The van der Waals surface area contributed by atoms with Gasteiger partial charge in [-0.1, -0.05) is 0 Å². The van der Waals surface area contributed by atoms with Gasteiger partial charge in [-0.3, -0.25) is 4.79 Å². The van der Waals surface area contributed by atoms with E-state index in [2.05, 4.69) is 9.80 Å². The summed E-state index contributed by atoms with van der Waals surface area (Å²) in [6.07, 6.45) is 3.76. The number of aliphatic carboxylic acids is 1. The number of likely N-dealkylation sites (N-methyl/N-ethyl adjacent to an activating group) is 1. The molecule has 0 saturated carbocycles. The molecule has 2 rings (SSSR count). The Morgan fingerprint density at radius 1 is 1.39 bits per heavy atom. The van der Waals surface area contributed by atoms with Crippen molar-refractivity contribution in [3.63, 3.8) is 0 Å². The van der Waals surface area contributed by atoms with E-state index in [1.165, 1.54) is 25.9 Å². The number of carboxylic acid groups (broad SMARTS) is 1. The maximum Gasteiger partial charge on any atom is 0.310 e. The SMILES string of the molecule is CN(CCCN1CCCC1)C1COCC1C(=O)O. The van der Waals surface area contributed by atoms with Crippen molar-refractivity contribution in [3.05, 3.63) is 0 Å². The standard InChI is InChI=1S/C13H24N2O3/c1-14(5-4-8-15-6-2-3-7-15)12-10-18-9-11(12)13(16)17/h11-12H,2-10H2,1H3,(H,16,17). The highest BCUT2D eigenvalue weighted by molar-refractivity contribution is 5.71. The Labute approximate surface area is 109 Å². The number of rotatable bonds is 6. The predicted molar refractivity (Wildman–Crippen MR) is 68.7 cm³/mol. The second-order valence-electron chi connectivity index (χ2n) is 5.43. The van der Waals surface area contributed by atoms with Crippen LogP contribution in [0.25, 0.3) is 0 Å². The van der Waals surface area contributed by atoms with Gasteiger partial charge in [-0.2, -0.15) is 0 Å². The molecule has 1 N–H and O–H groups in total. The number of hydrogen-bond acceptors (Lipinski definition) is 4. The molecule has 0 aromatic carbocycles. The molecule has 0 bridgehead atoms. The van der Waals surface area contributed by atoms with Gasteiger partial charge in [0.15, 0.2) is 0 Å². The second-order valence-corrected chi connectivity index (χ2v) is 5.43. The van der Waals surface area contributed by atoms with Crippen molar-refractivity contribution < 1.29 is 14.6 Å². The molecule has 0 aromatic heterocycles. The molecule has 2 aliphatic heterocycles. The molecule has 0 aromatic rings. The van der Waals surface area contributed by atoms with Gasteiger partial charge in [0, 0.05) is 6.04 Å². The lowest BCUT2D eigenvalue weighted by atomic mass is 10.0. The Morgan fingerprint density at radius 3 is 2.78 bits per heavy atom. The molecule has 2 heterocycles. The first-order chi connectivity index (χ1) is 8.68. The Morgan fingerprint density at radius 2 is 2.11 bits per heavy atom. The molecule has 0 amide bonds. The molecular formula is C13H24N2O3. The molecule has 5 heteroatoms. The number of carboxylic acids is 1. The lowest BCUT2D eigenvalue weighted by molar-refractivity contribution is -0.143. The first kappa shape index (κ1) is 13.8. The van der Waals surface area contributed by atoms with E-state index >= 15 is 0 Å². The highest BCUT2D eigenvalue weighted by atomic mass is 16.5. The summed E-state index contributed by atoms with van der Waals surface area (Å²) in [5.74, 6) is -1.09. The monoisotopic (exact) mass is 256 g/mol. The van der Waals surface area contributed by atoms with Crippen LogP contribution in [0.3, 0.4) is 0 Å². The summed E-state index contributed by atoms with van der Waals surface area (Å²) in [4.78, 5) is 15.7. The normalized spacial score (nSPS) is 29.2. The average Bonchev–Trinajstić information content (AvgIpc) is 2.99. The van der Waals surface area contributed by atoms with Crippen LogP contribution in [0.4, 0.5) is 0 Å². The van der Waals surface area contributed by atoms with Crippen LogP contribution in [0.2, 0.25) is 0 Å². The van der Waals surface area contributed by atoms with E-state index < -0.39 is 5.97 Å². The largest absolute Gasteiger partial charge is 0.481 e. The minimum atomic E-state index is -0.733. The van der Waals surface area contributed by atoms with Crippen LogP contribution in [0.15, 0.2) is 0 Å². The quantitative estimate of drug-likeness (QED) is 0.750. The lowest BCUT2D eigenvalue weighted by Crippen LogP contribution is -2.41. The number of likely N-dealkylation sites (tertiary alicyclic amines) is 1. The first-order valence-electron chi connectivity index (χ1n) is 6.91.